The van der Waals surface area contributed by atoms with Gasteiger partial charge < -0.3 is 13.9 Å². The molecule has 42 heavy (non-hydrogen) atoms. The Bertz CT molecular complexity index is 1630. The molecule has 6 rings (SSSR count). The number of H-pyrrole nitrogens is 1. The van der Waals surface area contributed by atoms with E-state index in [1.807, 2.05) is 45.0 Å². The van der Waals surface area contributed by atoms with Crippen LogP contribution < -0.4 is 4.18 Å². The Balaban J connectivity index is 1.25. The highest BCUT2D eigenvalue weighted by atomic mass is 32.2. The first-order chi connectivity index (χ1) is 19.7. The molecule has 3 aliphatic rings. The number of benzene rings is 2. The summed E-state index contributed by atoms with van der Waals surface area (Å²) >= 11 is 0. The molecule has 1 saturated carbocycles. The van der Waals surface area contributed by atoms with Crippen LogP contribution in [0.15, 0.2) is 42.6 Å². The Morgan fingerprint density at radius 1 is 0.976 bits per heavy atom. The number of carbonyl (C=O) groups excluding carboxylic acids is 1. The van der Waals surface area contributed by atoms with Crippen molar-refractivity contribution in [2.24, 2.45) is 0 Å². The highest BCUT2D eigenvalue weighted by Crippen LogP contribution is 2.58. The molecule has 2 aromatic carbocycles. The Morgan fingerprint density at radius 3 is 2.31 bits per heavy atom. The number of likely N-dealkylation sites (tertiary alicyclic amines) is 1. The second kappa shape index (κ2) is 10.0. The van der Waals surface area contributed by atoms with E-state index in [9.17, 15) is 26.4 Å². The lowest BCUT2D eigenvalue weighted by atomic mass is 9.85. The molecule has 12 heteroatoms. The zero-order valence-electron chi connectivity index (χ0n) is 23.5. The highest BCUT2D eigenvalue weighted by Gasteiger charge is 2.50. The smallest absolute Gasteiger partial charge is 0.444 e. The zero-order valence-corrected chi connectivity index (χ0v) is 24.3. The van der Waals surface area contributed by atoms with Crippen molar-refractivity contribution >= 4 is 16.2 Å². The van der Waals surface area contributed by atoms with Crippen molar-refractivity contribution in [2.45, 2.75) is 81.9 Å². The minimum absolute atomic E-state index is 0.0260. The molecule has 8 nitrogen and oxygen atoms in total. The lowest BCUT2D eigenvalue weighted by molar-refractivity contribution is -0.0500. The lowest BCUT2D eigenvalue weighted by Crippen LogP contribution is -2.36. The fourth-order valence-corrected chi connectivity index (χ4v) is 7.02. The van der Waals surface area contributed by atoms with Gasteiger partial charge in [0.25, 0.3) is 0 Å². The van der Waals surface area contributed by atoms with Crippen molar-refractivity contribution < 1.29 is 35.3 Å². The average Bonchev–Trinajstić information content (AvgIpc) is 3.71. The van der Waals surface area contributed by atoms with Gasteiger partial charge in [0.2, 0.25) is 0 Å². The van der Waals surface area contributed by atoms with Gasteiger partial charge in [-0.05, 0) is 93.0 Å². The van der Waals surface area contributed by atoms with E-state index in [0.29, 0.717) is 17.9 Å². The maximum Gasteiger partial charge on any atom is 0.534 e. The number of halogens is 3. The largest absolute Gasteiger partial charge is 0.534 e. The number of hydrogen-bond acceptors (Lipinski definition) is 6. The predicted molar refractivity (Wildman–Crippen MR) is 149 cm³/mol. The van der Waals surface area contributed by atoms with Crippen molar-refractivity contribution in [1.82, 2.24) is 14.9 Å². The number of nitrogens with one attached hydrogen (secondary N) is 1. The second-order valence-electron chi connectivity index (χ2n) is 12.2. The molecule has 2 fully saturated rings. The van der Waals surface area contributed by atoms with Crippen molar-refractivity contribution in [3.05, 3.63) is 59.5 Å². The summed E-state index contributed by atoms with van der Waals surface area (Å²) in [4.78, 5) is 22.4. The maximum atomic E-state index is 13.0. The molecule has 2 heterocycles. The second-order valence-corrected chi connectivity index (χ2v) is 13.8. The van der Waals surface area contributed by atoms with Gasteiger partial charge >= 0.3 is 21.7 Å². The van der Waals surface area contributed by atoms with Crippen LogP contribution in [0.3, 0.4) is 0 Å². The molecular formula is C30H32F3N3O5S. The van der Waals surface area contributed by atoms with E-state index < -0.39 is 21.2 Å². The first-order valence-corrected chi connectivity index (χ1v) is 15.5. The van der Waals surface area contributed by atoms with Gasteiger partial charge in [0.15, 0.2) is 0 Å². The van der Waals surface area contributed by atoms with Gasteiger partial charge in [-0.15, -0.1) is 0 Å². The van der Waals surface area contributed by atoms with Gasteiger partial charge in [0, 0.05) is 12.1 Å². The SMILES string of the molecule is CC(C)(C)OC(=O)N1CCC[C@H]1c1ncc(-c2ccc(-c3ccc(OS(=O)(=O)C(F)(F)F)c4c3[C@@H]3CC[C@H]4C3)cc2)[nH]1. The topological polar surface area (TPSA) is 102 Å². The number of rotatable bonds is 5. The normalized spacial score (nSPS) is 22.0. The first kappa shape index (κ1) is 28.6. The summed E-state index contributed by atoms with van der Waals surface area (Å²) in [7, 11) is -5.76. The van der Waals surface area contributed by atoms with E-state index in [-0.39, 0.29) is 29.7 Å². The van der Waals surface area contributed by atoms with E-state index in [0.717, 1.165) is 60.1 Å². The van der Waals surface area contributed by atoms with E-state index >= 15 is 0 Å². The summed E-state index contributed by atoms with van der Waals surface area (Å²) in [6.07, 6.45) is 5.47. The highest BCUT2D eigenvalue weighted by molar-refractivity contribution is 7.88. The molecule has 0 spiro atoms. The van der Waals surface area contributed by atoms with Crippen LogP contribution in [0.4, 0.5) is 18.0 Å². The minimum Gasteiger partial charge on any atom is -0.444 e. The molecule has 0 unspecified atom stereocenters. The Labute approximate surface area is 242 Å². The number of imidazole rings is 1. The number of hydrogen-bond donors (Lipinski definition) is 1. The van der Waals surface area contributed by atoms with Crippen LogP contribution in [0.25, 0.3) is 22.4 Å². The number of aromatic amines is 1. The van der Waals surface area contributed by atoms with Gasteiger partial charge in [-0.3, -0.25) is 4.90 Å². The van der Waals surface area contributed by atoms with Crippen LogP contribution in [0.5, 0.6) is 5.75 Å². The Hall–Kier alpha value is -3.54. The number of carbonyl (C=O) groups is 1. The molecule has 2 bridgehead atoms. The predicted octanol–water partition coefficient (Wildman–Crippen LogP) is 7.41. The van der Waals surface area contributed by atoms with Gasteiger partial charge in [0.1, 0.15) is 17.2 Å². The fourth-order valence-electron chi connectivity index (χ4n) is 6.55. The van der Waals surface area contributed by atoms with Crippen molar-refractivity contribution in [1.29, 1.82) is 0 Å². The van der Waals surface area contributed by atoms with Crippen LogP contribution in [-0.4, -0.2) is 47.0 Å². The molecule has 0 radical (unpaired) electrons. The van der Waals surface area contributed by atoms with Crippen molar-refractivity contribution in [3.63, 3.8) is 0 Å². The standard InChI is InChI=1S/C30H32F3N3O5S/c1-29(2,3)40-28(37)36-14-4-5-23(36)27-34-16-22(35-27)18-8-6-17(7-9-18)21-12-13-24(41-42(38,39)30(31,32)33)26-20-11-10-19(15-20)25(21)26/h6-9,12-13,16,19-20,23H,4-5,10-11,14-15H2,1-3H3,(H,34,35)/t19-,20+,23+/m1/s1. The van der Waals surface area contributed by atoms with Crippen LogP contribution in [0.2, 0.25) is 0 Å². The van der Waals surface area contributed by atoms with Gasteiger partial charge in [0.05, 0.1) is 17.9 Å². The van der Waals surface area contributed by atoms with E-state index in [1.54, 1.807) is 17.2 Å². The van der Waals surface area contributed by atoms with Gasteiger partial charge in [-0.25, -0.2) is 9.78 Å². The first-order valence-electron chi connectivity index (χ1n) is 14.0. The van der Waals surface area contributed by atoms with Crippen LogP contribution in [0, 0.1) is 0 Å². The zero-order chi connectivity index (χ0) is 30.0. The lowest BCUT2D eigenvalue weighted by Gasteiger charge is -2.27. The summed E-state index contributed by atoms with van der Waals surface area (Å²) in [6, 6.07) is 10.5. The van der Waals surface area contributed by atoms with E-state index in [4.69, 9.17) is 4.74 Å². The summed E-state index contributed by atoms with van der Waals surface area (Å²) in [5.41, 5.74) is -1.22. The van der Waals surface area contributed by atoms with Gasteiger partial charge in [-0.2, -0.15) is 21.6 Å². The Morgan fingerprint density at radius 2 is 1.64 bits per heavy atom. The Kier molecular flexibility index (Phi) is 6.82. The average molecular weight is 604 g/mol. The number of ether oxygens (including phenoxy) is 1. The van der Waals surface area contributed by atoms with E-state index in [1.165, 1.54) is 6.07 Å². The summed E-state index contributed by atoms with van der Waals surface area (Å²) in [5.74, 6) is 0.580. The number of aromatic nitrogens is 2. The monoisotopic (exact) mass is 603 g/mol. The molecular weight excluding hydrogens is 571 g/mol. The van der Waals surface area contributed by atoms with Crippen molar-refractivity contribution in [2.75, 3.05) is 6.54 Å². The summed E-state index contributed by atoms with van der Waals surface area (Å²) in [5, 5.41) is 0. The molecule has 224 valence electrons. The number of amides is 1. The minimum atomic E-state index is -5.76. The summed E-state index contributed by atoms with van der Waals surface area (Å²) in [6.45, 7) is 6.11. The number of alkyl halides is 3. The third kappa shape index (κ3) is 5.14. The molecule has 1 aromatic heterocycles. The third-order valence-electron chi connectivity index (χ3n) is 8.28. The molecule has 3 atom stereocenters. The third-order valence-corrected chi connectivity index (χ3v) is 9.24. The van der Waals surface area contributed by atoms with Crippen LogP contribution >= 0.6 is 0 Å². The summed E-state index contributed by atoms with van der Waals surface area (Å²) < 4.78 is 72.9. The van der Waals surface area contributed by atoms with E-state index in [2.05, 4.69) is 14.2 Å². The molecule has 1 N–H and O–H groups in total. The van der Waals surface area contributed by atoms with Crippen molar-refractivity contribution in [3.8, 4) is 28.1 Å². The van der Waals surface area contributed by atoms with Gasteiger partial charge in [-0.1, -0.05) is 30.3 Å². The quantitative estimate of drug-likeness (QED) is 0.241. The molecule has 1 aliphatic heterocycles. The number of nitrogens with zero attached hydrogens (tertiary/aromatic N) is 2. The fraction of sp³-hybridized carbons (Fsp3) is 0.467. The van der Waals surface area contributed by atoms with Crippen LogP contribution in [0.1, 0.15) is 87.7 Å². The molecule has 3 aromatic rings. The molecule has 1 saturated heterocycles. The number of fused-ring (bicyclic) bond motifs is 5. The molecule has 2 aliphatic carbocycles. The maximum absolute atomic E-state index is 13.0. The van der Waals surface area contributed by atoms with Crippen LogP contribution in [-0.2, 0) is 14.9 Å². The molecule has 1 amide bonds.